The zero-order chi connectivity index (χ0) is 16.3. The maximum Gasteiger partial charge on any atom is 0.241 e. The van der Waals surface area contributed by atoms with Crippen LogP contribution >= 0.6 is 15.9 Å². The second kappa shape index (κ2) is 6.94. The second-order valence-corrected chi connectivity index (χ2v) is 8.08. The number of sulfonamides is 1. The van der Waals surface area contributed by atoms with E-state index in [4.69, 9.17) is 0 Å². The number of nitrogens with one attached hydrogen (secondary N) is 1. The van der Waals surface area contributed by atoms with Gasteiger partial charge in [-0.1, -0.05) is 52.2 Å². The van der Waals surface area contributed by atoms with Gasteiger partial charge in [0.15, 0.2) is 0 Å². The summed E-state index contributed by atoms with van der Waals surface area (Å²) in [6.45, 7) is 6.26. The molecule has 0 atom stereocenters. The standard InChI is InChI=1S/C17H20BrNO2S/c1-4-15-10-16(18)5-6-17(15)22(20,21)19-11-14-8-12(2)7-13(3)9-14/h5-10,19H,4,11H2,1-3H3. The van der Waals surface area contributed by atoms with E-state index in [2.05, 4.69) is 26.7 Å². The summed E-state index contributed by atoms with van der Waals surface area (Å²) in [7, 11) is -3.51. The van der Waals surface area contributed by atoms with Gasteiger partial charge in [0.05, 0.1) is 4.90 Å². The molecule has 0 aliphatic carbocycles. The van der Waals surface area contributed by atoms with Crippen LogP contribution in [-0.2, 0) is 23.0 Å². The Morgan fingerprint density at radius 2 is 1.68 bits per heavy atom. The molecule has 1 N–H and O–H groups in total. The molecular weight excluding hydrogens is 362 g/mol. The van der Waals surface area contributed by atoms with Gasteiger partial charge in [0.25, 0.3) is 0 Å². The average molecular weight is 382 g/mol. The van der Waals surface area contributed by atoms with Crippen LogP contribution in [0, 0.1) is 13.8 Å². The molecule has 0 spiro atoms. The van der Waals surface area contributed by atoms with Gasteiger partial charge >= 0.3 is 0 Å². The summed E-state index contributed by atoms with van der Waals surface area (Å²) < 4.78 is 28.7. The summed E-state index contributed by atoms with van der Waals surface area (Å²) in [5.41, 5.74) is 4.04. The largest absolute Gasteiger partial charge is 0.241 e. The van der Waals surface area contributed by atoms with E-state index in [9.17, 15) is 8.42 Å². The molecule has 0 fully saturated rings. The lowest BCUT2D eigenvalue weighted by Gasteiger charge is -2.12. The number of rotatable bonds is 5. The van der Waals surface area contributed by atoms with Crippen LogP contribution in [0.5, 0.6) is 0 Å². The molecule has 118 valence electrons. The molecule has 0 saturated carbocycles. The van der Waals surface area contributed by atoms with Crippen LogP contribution in [0.4, 0.5) is 0 Å². The molecule has 0 heterocycles. The zero-order valence-corrected chi connectivity index (χ0v) is 15.4. The van der Waals surface area contributed by atoms with Gasteiger partial charge in [-0.3, -0.25) is 0 Å². The SMILES string of the molecule is CCc1cc(Br)ccc1S(=O)(=O)NCc1cc(C)cc(C)c1. The van der Waals surface area contributed by atoms with Crippen LogP contribution in [0.15, 0.2) is 45.8 Å². The normalized spacial score (nSPS) is 11.6. The zero-order valence-electron chi connectivity index (χ0n) is 13.0. The lowest BCUT2D eigenvalue weighted by Crippen LogP contribution is -2.24. The Labute approximate surface area is 140 Å². The predicted octanol–water partition coefficient (Wildman–Crippen LogP) is 4.11. The van der Waals surface area contributed by atoms with E-state index in [1.165, 1.54) is 0 Å². The minimum absolute atomic E-state index is 0.296. The quantitative estimate of drug-likeness (QED) is 0.846. The van der Waals surface area contributed by atoms with Crippen molar-refractivity contribution in [3.05, 3.63) is 63.1 Å². The Bertz CT molecular complexity index is 765. The number of halogens is 1. The number of aryl methyl sites for hydroxylation is 3. The number of hydrogen-bond donors (Lipinski definition) is 1. The van der Waals surface area contributed by atoms with Crippen molar-refractivity contribution in [2.75, 3.05) is 0 Å². The van der Waals surface area contributed by atoms with Gasteiger partial charge in [0, 0.05) is 11.0 Å². The fraction of sp³-hybridized carbons (Fsp3) is 0.294. The maximum absolute atomic E-state index is 12.5. The predicted molar refractivity (Wildman–Crippen MR) is 93.5 cm³/mol. The molecule has 2 aromatic rings. The van der Waals surface area contributed by atoms with Crippen molar-refractivity contribution in [2.45, 2.75) is 38.6 Å². The number of benzene rings is 2. The lowest BCUT2D eigenvalue weighted by molar-refractivity contribution is 0.580. The van der Waals surface area contributed by atoms with Gasteiger partial charge in [-0.15, -0.1) is 0 Å². The fourth-order valence-corrected chi connectivity index (χ4v) is 4.23. The van der Waals surface area contributed by atoms with Crippen LogP contribution in [0.25, 0.3) is 0 Å². The Kier molecular flexibility index (Phi) is 5.42. The van der Waals surface area contributed by atoms with Crippen molar-refractivity contribution >= 4 is 26.0 Å². The smallest absolute Gasteiger partial charge is 0.207 e. The van der Waals surface area contributed by atoms with Crippen LogP contribution in [0.2, 0.25) is 0 Å². The third-order valence-corrected chi connectivity index (χ3v) is 5.44. The van der Waals surface area contributed by atoms with Crippen LogP contribution < -0.4 is 4.72 Å². The highest BCUT2D eigenvalue weighted by atomic mass is 79.9. The second-order valence-electron chi connectivity index (χ2n) is 5.43. The molecule has 0 radical (unpaired) electrons. The van der Waals surface area contributed by atoms with E-state index in [-0.39, 0.29) is 0 Å². The Balaban J connectivity index is 2.24. The minimum atomic E-state index is -3.51. The highest BCUT2D eigenvalue weighted by Crippen LogP contribution is 2.21. The third kappa shape index (κ3) is 4.18. The molecule has 22 heavy (non-hydrogen) atoms. The van der Waals surface area contributed by atoms with Crippen molar-refractivity contribution in [2.24, 2.45) is 0 Å². The number of hydrogen-bond acceptors (Lipinski definition) is 2. The molecule has 0 aliphatic rings. The van der Waals surface area contributed by atoms with Crippen molar-refractivity contribution < 1.29 is 8.42 Å². The molecular formula is C17H20BrNO2S. The van der Waals surface area contributed by atoms with Gasteiger partial charge in [-0.05, 0) is 49.6 Å². The molecule has 0 saturated heterocycles. The van der Waals surface area contributed by atoms with E-state index in [0.717, 1.165) is 26.7 Å². The summed E-state index contributed by atoms with van der Waals surface area (Å²) in [4.78, 5) is 0.350. The van der Waals surface area contributed by atoms with Crippen molar-refractivity contribution in [1.29, 1.82) is 0 Å². The Morgan fingerprint density at radius 3 is 2.27 bits per heavy atom. The maximum atomic E-state index is 12.5. The summed E-state index contributed by atoms with van der Waals surface area (Å²) >= 11 is 3.38. The van der Waals surface area contributed by atoms with Gasteiger partial charge in [0.2, 0.25) is 10.0 Å². The molecule has 3 nitrogen and oxygen atoms in total. The van der Waals surface area contributed by atoms with E-state index in [0.29, 0.717) is 17.9 Å². The van der Waals surface area contributed by atoms with Crippen molar-refractivity contribution in [3.8, 4) is 0 Å². The molecule has 0 aromatic heterocycles. The molecule has 2 aromatic carbocycles. The van der Waals surface area contributed by atoms with E-state index in [1.54, 1.807) is 12.1 Å². The molecule has 0 unspecified atom stereocenters. The topological polar surface area (TPSA) is 46.2 Å². The first-order valence-corrected chi connectivity index (χ1v) is 9.44. The highest BCUT2D eigenvalue weighted by Gasteiger charge is 2.17. The summed E-state index contributed by atoms with van der Waals surface area (Å²) in [6, 6.07) is 11.3. The lowest BCUT2D eigenvalue weighted by atomic mass is 10.1. The van der Waals surface area contributed by atoms with Gasteiger partial charge in [-0.25, -0.2) is 13.1 Å². The summed E-state index contributed by atoms with van der Waals surface area (Å²) in [5, 5.41) is 0. The fourth-order valence-electron chi connectivity index (χ4n) is 2.51. The van der Waals surface area contributed by atoms with Crippen LogP contribution in [-0.4, -0.2) is 8.42 Å². The van der Waals surface area contributed by atoms with Crippen LogP contribution in [0.1, 0.15) is 29.2 Å². The van der Waals surface area contributed by atoms with Crippen LogP contribution in [0.3, 0.4) is 0 Å². The first kappa shape index (κ1) is 17.2. The molecule has 2 rings (SSSR count). The van der Waals surface area contributed by atoms with E-state index in [1.807, 2.05) is 39.0 Å². The van der Waals surface area contributed by atoms with Crippen molar-refractivity contribution in [3.63, 3.8) is 0 Å². The molecule has 0 aliphatic heterocycles. The summed E-state index contributed by atoms with van der Waals surface area (Å²) in [6.07, 6.45) is 0.666. The van der Waals surface area contributed by atoms with Gasteiger partial charge in [-0.2, -0.15) is 0 Å². The highest BCUT2D eigenvalue weighted by molar-refractivity contribution is 9.10. The summed E-state index contributed by atoms with van der Waals surface area (Å²) in [5.74, 6) is 0. The molecule has 0 bridgehead atoms. The third-order valence-electron chi connectivity index (χ3n) is 3.44. The average Bonchev–Trinajstić information content (AvgIpc) is 2.44. The van der Waals surface area contributed by atoms with E-state index < -0.39 is 10.0 Å². The molecule has 5 heteroatoms. The minimum Gasteiger partial charge on any atom is -0.207 e. The van der Waals surface area contributed by atoms with E-state index >= 15 is 0 Å². The van der Waals surface area contributed by atoms with Gasteiger partial charge in [0.1, 0.15) is 0 Å². The first-order chi connectivity index (χ1) is 10.3. The Hall–Kier alpha value is -1.17. The molecule has 0 amide bonds. The Morgan fingerprint density at radius 1 is 1.05 bits per heavy atom. The monoisotopic (exact) mass is 381 g/mol. The van der Waals surface area contributed by atoms with Gasteiger partial charge < -0.3 is 0 Å². The van der Waals surface area contributed by atoms with Crippen molar-refractivity contribution in [1.82, 2.24) is 4.72 Å². The first-order valence-electron chi connectivity index (χ1n) is 7.17.